The highest BCUT2D eigenvalue weighted by Gasteiger charge is 2.29. The van der Waals surface area contributed by atoms with Gasteiger partial charge in [0, 0.05) is 45.5 Å². The molecule has 1 aromatic heterocycles. The van der Waals surface area contributed by atoms with Crippen molar-refractivity contribution in [2.24, 2.45) is 11.0 Å². The van der Waals surface area contributed by atoms with E-state index < -0.39 is 0 Å². The lowest BCUT2D eigenvalue weighted by molar-refractivity contribution is -0.117. The molecule has 0 spiro atoms. The number of nitrogens with zero attached hydrogens (tertiary/aromatic N) is 2. The summed E-state index contributed by atoms with van der Waals surface area (Å²) in [5.41, 5.74) is 7.06. The number of hydrogen-bond donors (Lipinski definition) is 2. The zero-order valence-electron chi connectivity index (χ0n) is 17.8. The van der Waals surface area contributed by atoms with Gasteiger partial charge in [-0.1, -0.05) is 24.3 Å². The third-order valence-corrected chi connectivity index (χ3v) is 5.86. The molecule has 160 valence electrons. The van der Waals surface area contributed by atoms with Crippen LogP contribution in [0.4, 0.5) is 5.69 Å². The molecule has 32 heavy (non-hydrogen) atoms. The average molecular weight is 425 g/mol. The molecule has 1 fully saturated rings. The number of anilines is 1. The number of aryl methyl sites for hydroxylation is 1. The predicted molar refractivity (Wildman–Crippen MR) is 128 cm³/mol. The minimum atomic E-state index is -0.301. The van der Waals surface area contributed by atoms with Crippen LogP contribution in [0.25, 0.3) is 21.8 Å². The molecule has 6 nitrogen and oxygen atoms in total. The molecule has 0 unspecified atom stereocenters. The number of carbonyl (C=O) groups excluding carboxylic acids is 2. The zero-order valence-corrected chi connectivity index (χ0v) is 17.8. The lowest BCUT2D eigenvalue weighted by Gasteiger charge is -2.05. The van der Waals surface area contributed by atoms with Gasteiger partial charge in [0.1, 0.15) is 0 Å². The molecule has 2 amide bonds. The quantitative estimate of drug-likeness (QED) is 0.340. The fraction of sp³-hybridized carbons (Fsp3) is 0.192. The topological polar surface area (TPSA) is 75.5 Å². The number of hydrogen-bond acceptors (Lipinski definition) is 3. The molecular formula is C26H24N4O2. The maximum Gasteiger partial charge on any atom is 0.271 e. The summed E-state index contributed by atoms with van der Waals surface area (Å²) in [4.78, 5) is 24.2. The number of fused-ring (bicyclic) bond motifs is 3. The van der Waals surface area contributed by atoms with Crippen molar-refractivity contribution in [1.82, 2.24) is 9.99 Å². The van der Waals surface area contributed by atoms with E-state index in [1.807, 2.05) is 12.1 Å². The van der Waals surface area contributed by atoms with Crippen LogP contribution in [0.15, 0.2) is 71.8 Å². The molecule has 1 heterocycles. The molecule has 4 aromatic rings. The molecule has 6 heteroatoms. The summed E-state index contributed by atoms with van der Waals surface area (Å²) in [6, 6.07) is 21.4. The Kier molecular flexibility index (Phi) is 5.19. The summed E-state index contributed by atoms with van der Waals surface area (Å²) in [7, 11) is 0. The Bertz CT molecular complexity index is 1350. The average Bonchev–Trinajstić information content (AvgIpc) is 3.62. The van der Waals surface area contributed by atoms with Crippen LogP contribution < -0.4 is 10.7 Å². The summed E-state index contributed by atoms with van der Waals surface area (Å²) >= 11 is 0. The van der Waals surface area contributed by atoms with Crippen LogP contribution in [0.2, 0.25) is 0 Å². The summed E-state index contributed by atoms with van der Waals surface area (Å²) < 4.78 is 2.30. The highest BCUT2D eigenvalue weighted by atomic mass is 16.2. The Labute approximate surface area is 185 Å². The highest BCUT2D eigenvalue weighted by molar-refractivity contribution is 6.09. The molecule has 0 bridgehead atoms. The summed E-state index contributed by atoms with van der Waals surface area (Å²) in [5, 5.41) is 9.37. The van der Waals surface area contributed by atoms with E-state index in [9.17, 15) is 9.59 Å². The van der Waals surface area contributed by atoms with Gasteiger partial charge in [-0.2, -0.15) is 5.10 Å². The van der Waals surface area contributed by atoms with Crippen LogP contribution in [0.1, 0.15) is 35.7 Å². The van der Waals surface area contributed by atoms with E-state index in [-0.39, 0.29) is 17.7 Å². The molecular weight excluding hydrogens is 400 g/mol. The molecule has 1 aliphatic carbocycles. The molecule has 0 aliphatic heterocycles. The minimum absolute atomic E-state index is 0.0471. The number of hydrazone groups is 1. The summed E-state index contributed by atoms with van der Waals surface area (Å²) in [6.45, 7) is 3.04. The SMILES string of the molecule is CCn1c2ccccc2c2cc(/C=N/NC(=O)c3ccc(NC(=O)C4CC4)cc3)ccc21. The van der Waals surface area contributed by atoms with Gasteiger partial charge in [0.15, 0.2) is 0 Å². The van der Waals surface area contributed by atoms with Crippen LogP contribution in [-0.4, -0.2) is 22.6 Å². The number of aromatic nitrogens is 1. The number of benzene rings is 3. The Hall–Kier alpha value is -3.93. The standard InChI is InChI=1S/C26H24N4O2/c1-2-30-23-6-4-3-5-21(23)22-15-17(7-14-24(22)30)16-27-29-26(32)19-10-12-20(13-11-19)28-25(31)18-8-9-18/h3-7,10-16,18H,2,8-9H2,1H3,(H,28,31)(H,29,32)/b27-16+. The summed E-state index contributed by atoms with van der Waals surface area (Å²) in [5.74, 6) is -0.110. The Morgan fingerprint density at radius 3 is 2.50 bits per heavy atom. The lowest BCUT2D eigenvalue weighted by atomic mass is 10.1. The first-order chi connectivity index (χ1) is 15.6. The second-order valence-corrected chi connectivity index (χ2v) is 8.08. The van der Waals surface area contributed by atoms with E-state index in [2.05, 4.69) is 57.7 Å². The first-order valence-corrected chi connectivity index (χ1v) is 10.9. The first-order valence-electron chi connectivity index (χ1n) is 10.9. The van der Waals surface area contributed by atoms with Crippen LogP contribution in [0.5, 0.6) is 0 Å². The van der Waals surface area contributed by atoms with Crippen molar-refractivity contribution in [2.45, 2.75) is 26.3 Å². The van der Waals surface area contributed by atoms with Crippen molar-refractivity contribution in [3.63, 3.8) is 0 Å². The van der Waals surface area contributed by atoms with Gasteiger partial charge < -0.3 is 9.88 Å². The van der Waals surface area contributed by atoms with E-state index in [1.54, 1.807) is 30.5 Å². The molecule has 0 radical (unpaired) electrons. The molecule has 1 saturated carbocycles. The van der Waals surface area contributed by atoms with E-state index >= 15 is 0 Å². The van der Waals surface area contributed by atoms with Gasteiger partial charge in [0.25, 0.3) is 5.91 Å². The molecule has 5 rings (SSSR count). The van der Waals surface area contributed by atoms with Crippen LogP contribution in [0.3, 0.4) is 0 Å². The third kappa shape index (κ3) is 3.87. The second-order valence-electron chi connectivity index (χ2n) is 8.08. The third-order valence-electron chi connectivity index (χ3n) is 5.86. The van der Waals surface area contributed by atoms with Gasteiger partial charge in [-0.05, 0) is 67.8 Å². The minimum Gasteiger partial charge on any atom is -0.341 e. The van der Waals surface area contributed by atoms with Crippen LogP contribution >= 0.6 is 0 Å². The monoisotopic (exact) mass is 424 g/mol. The zero-order chi connectivity index (χ0) is 22.1. The number of nitrogens with one attached hydrogen (secondary N) is 2. The molecule has 0 saturated heterocycles. The largest absolute Gasteiger partial charge is 0.341 e. The van der Waals surface area contributed by atoms with Crippen molar-refractivity contribution in [3.05, 3.63) is 77.9 Å². The Morgan fingerprint density at radius 2 is 1.75 bits per heavy atom. The van der Waals surface area contributed by atoms with Crippen molar-refractivity contribution >= 4 is 45.5 Å². The summed E-state index contributed by atoms with van der Waals surface area (Å²) in [6.07, 6.45) is 3.56. The second kappa shape index (κ2) is 8.30. The van der Waals surface area contributed by atoms with Gasteiger partial charge in [0.2, 0.25) is 5.91 Å². The number of amides is 2. The normalized spacial score (nSPS) is 13.7. The molecule has 2 N–H and O–H groups in total. The van der Waals surface area contributed by atoms with Gasteiger partial charge in [-0.25, -0.2) is 5.43 Å². The molecule has 1 aliphatic rings. The van der Waals surface area contributed by atoms with Gasteiger partial charge in [-0.15, -0.1) is 0 Å². The number of para-hydroxylation sites is 1. The maximum absolute atomic E-state index is 12.4. The van der Waals surface area contributed by atoms with Crippen molar-refractivity contribution in [3.8, 4) is 0 Å². The Morgan fingerprint density at radius 1 is 1.00 bits per heavy atom. The smallest absolute Gasteiger partial charge is 0.271 e. The Balaban J connectivity index is 1.28. The fourth-order valence-corrected chi connectivity index (χ4v) is 4.02. The van der Waals surface area contributed by atoms with E-state index in [4.69, 9.17) is 0 Å². The number of rotatable bonds is 6. The highest BCUT2D eigenvalue weighted by Crippen LogP contribution is 2.30. The van der Waals surface area contributed by atoms with E-state index in [0.29, 0.717) is 11.3 Å². The fourth-order valence-electron chi connectivity index (χ4n) is 4.02. The molecule has 0 atom stereocenters. The number of carbonyl (C=O) groups is 2. The van der Waals surface area contributed by atoms with E-state index in [1.165, 1.54) is 21.8 Å². The lowest BCUT2D eigenvalue weighted by Crippen LogP contribution is -2.18. The van der Waals surface area contributed by atoms with Gasteiger partial charge in [0.05, 0.1) is 6.21 Å². The van der Waals surface area contributed by atoms with Gasteiger partial charge in [-0.3, -0.25) is 9.59 Å². The van der Waals surface area contributed by atoms with Crippen LogP contribution in [-0.2, 0) is 11.3 Å². The van der Waals surface area contributed by atoms with Crippen LogP contribution in [0, 0.1) is 5.92 Å². The first kappa shape index (κ1) is 20.0. The van der Waals surface area contributed by atoms with E-state index in [0.717, 1.165) is 24.9 Å². The van der Waals surface area contributed by atoms with Gasteiger partial charge >= 0.3 is 0 Å². The van der Waals surface area contributed by atoms with Crippen molar-refractivity contribution < 1.29 is 9.59 Å². The van der Waals surface area contributed by atoms with Crippen molar-refractivity contribution in [2.75, 3.05) is 5.32 Å². The van der Waals surface area contributed by atoms with Crippen molar-refractivity contribution in [1.29, 1.82) is 0 Å². The molecule has 3 aromatic carbocycles. The maximum atomic E-state index is 12.4. The predicted octanol–water partition coefficient (Wildman–Crippen LogP) is 4.93.